The lowest BCUT2D eigenvalue weighted by Gasteiger charge is -2.22. The van der Waals surface area contributed by atoms with Crippen molar-refractivity contribution in [2.45, 2.75) is 33.4 Å². The zero-order valence-electron chi connectivity index (χ0n) is 12.5. The molecule has 1 atom stereocenters. The largest absolute Gasteiger partial charge is 0.305 e. The Morgan fingerprint density at radius 2 is 2.05 bits per heavy atom. The number of rotatable bonds is 6. The lowest BCUT2D eigenvalue weighted by atomic mass is 10.0. The third-order valence-corrected chi connectivity index (χ3v) is 4.60. The molecule has 0 fully saturated rings. The number of nitro groups is 1. The van der Waals surface area contributed by atoms with Crippen molar-refractivity contribution in [1.82, 2.24) is 5.32 Å². The number of thiophene rings is 1. The van der Waals surface area contributed by atoms with Crippen LogP contribution in [0.4, 0.5) is 5.69 Å². The molecule has 1 N–H and O–H groups in total. The summed E-state index contributed by atoms with van der Waals surface area (Å²) < 4.78 is 0. The maximum atomic E-state index is 11.0. The quantitative estimate of drug-likeness (QED) is 0.633. The first-order valence-corrected chi connectivity index (χ1v) is 7.88. The molecule has 0 saturated carbocycles. The fourth-order valence-corrected chi connectivity index (χ4v) is 3.39. The van der Waals surface area contributed by atoms with Crippen LogP contribution in [0.3, 0.4) is 0 Å². The van der Waals surface area contributed by atoms with Crippen LogP contribution < -0.4 is 5.32 Å². The first-order chi connectivity index (χ1) is 10.0. The molecule has 0 radical (unpaired) electrons. The molecule has 0 aliphatic heterocycles. The standard InChI is InChI=1S/C16H20N2O2S/c1-11(2)16(15-8-5-9-21-15)17-10-13-6-4-7-14(12(13)3)18(19)20/h4-9,11,16-17H,10H2,1-3H3. The van der Waals surface area contributed by atoms with Gasteiger partial charge in [0.05, 0.1) is 4.92 Å². The molecule has 0 spiro atoms. The number of nitrogens with zero attached hydrogens (tertiary/aromatic N) is 1. The molecule has 112 valence electrons. The summed E-state index contributed by atoms with van der Waals surface area (Å²) in [4.78, 5) is 12.0. The minimum atomic E-state index is -0.321. The molecule has 0 bridgehead atoms. The van der Waals surface area contributed by atoms with Crippen molar-refractivity contribution in [3.63, 3.8) is 0 Å². The van der Waals surface area contributed by atoms with E-state index in [1.54, 1.807) is 23.5 Å². The monoisotopic (exact) mass is 304 g/mol. The van der Waals surface area contributed by atoms with E-state index in [0.717, 1.165) is 11.1 Å². The Bertz CT molecular complexity index is 609. The molecule has 0 aliphatic carbocycles. The van der Waals surface area contributed by atoms with E-state index in [1.165, 1.54) is 4.88 Å². The Balaban J connectivity index is 2.15. The van der Waals surface area contributed by atoms with E-state index < -0.39 is 0 Å². The summed E-state index contributed by atoms with van der Waals surface area (Å²) in [7, 11) is 0. The highest BCUT2D eigenvalue weighted by molar-refractivity contribution is 7.10. The van der Waals surface area contributed by atoms with Gasteiger partial charge in [-0.15, -0.1) is 11.3 Å². The van der Waals surface area contributed by atoms with Crippen LogP contribution in [0.25, 0.3) is 0 Å². The van der Waals surface area contributed by atoms with Crippen LogP contribution in [-0.2, 0) is 6.54 Å². The van der Waals surface area contributed by atoms with Gasteiger partial charge in [0.25, 0.3) is 5.69 Å². The van der Waals surface area contributed by atoms with Gasteiger partial charge >= 0.3 is 0 Å². The fourth-order valence-electron chi connectivity index (χ4n) is 2.41. The number of nitrogens with one attached hydrogen (secondary N) is 1. The van der Waals surface area contributed by atoms with E-state index >= 15 is 0 Å². The van der Waals surface area contributed by atoms with Crippen molar-refractivity contribution in [2.75, 3.05) is 0 Å². The molecule has 4 nitrogen and oxygen atoms in total. The fraction of sp³-hybridized carbons (Fsp3) is 0.375. The summed E-state index contributed by atoms with van der Waals surface area (Å²) >= 11 is 1.74. The molecule has 1 aromatic carbocycles. The van der Waals surface area contributed by atoms with Crippen molar-refractivity contribution in [3.05, 3.63) is 61.8 Å². The van der Waals surface area contributed by atoms with Crippen molar-refractivity contribution in [3.8, 4) is 0 Å². The van der Waals surface area contributed by atoms with Crippen LogP contribution in [0.2, 0.25) is 0 Å². The molecule has 5 heteroatoms. The lowest BCUT2D eigenvalue weighted by molar-refractivity contribution is -0.385. The summed E-state index contributed by atoms with van der Waals surface area (Å²) in [6, 6.07) is 9.69. The molecule has 2 aromatic rings. The predicted octanol–water partition coefficient (Wildman–Crippen LogP) is 4.45. The zero-order valence-corrected chi connectivity index (χ0v) is 13.3. The van der Waals surface area contributed by atoms with E-state index in [0.29, 0.717) is 12.5 Å². The summed E-state index contributed by atoms with van der Waals surface area (Å²) in [5.74, 6) is 0.461. The molecule has 0 aliphatic rings. The number of hydrogen-bond donors (Lipinski definition) is 1. The second-order valence-corrected chi connectivity index (χ2v) is 6.42. The lowest BCUT2D eigenvalue weighted by Crippen LogP contribution is -2.25. The Labute approximate surface area is 129 Å². The number of nitro benzene ring substituents is 1. The molecular formula is C16H20N2O2S. The Morgan fingerprint density at radius 3 is 2.62 bits per heavy atom. The van der Waals surface area contributed by atoms with Crippen molar-refractivity contribution < 1.29 is 4.92 Å². The SMILES string of the molecule is Cc1c(CNC(c2cccs2)C(C)C)cccc1[N+](=O)[O-]. The third kappa shape index (κ3) is 3.68. The molecular weight excluding hydrogens is 284 g/mol. The van der Waals surface area contributed by atoms with Crippen molar-refractivity contribution in [1.29, 1.82) is 0 Å². The molecule has 0 saturated heterocycles. The average molecular weight is 304 g/mol. The Kier molecular flexibility index (Phi) is 5.09. The van der Waals surface area contributed by atoms with Gasteiger partial charge < -0.3 is 5.32 Å². The normalized spacial score (nSPS) is 12.6. The Hall–Kier alpha value is -1.72. The molecule has 2 rings (SSSR count). The van der Waals surface area contributed by atoms with Gasteiger partial charge in [0.2, 0.25) is 0 Å². The maximum absolute atomic E-state index is 11.0. The van der Waals surface area contributed by atoms with Crippen LogP contribution in [0.5, 0.6) is 0 Å². The van der Waals surface area contributed by atoms with Crippen LogP contribution in [0.15, 0.2) is 35.7 Å². The highest BCUT2D eigenvalue weighted by Crippen LogP contribution is 2.27. The van der Waals surface area contributed by atoms with Crippen molar-refractivity contribution in [2.24, 2.45) is 5.92 Å². The van der Waals surface area contributed by atoms with Crippen LogP contribution in [-0.4, -0.2) is 4.92 Å². The Morgan fingerprint density at radius 1 is 1.29 bits per heavy atom. The molecule has 21 heavy (non-hydrogen) atoms. The predicted molar refractivity (Wildman–Crippen MR) is 86.6 cm³/mol. The van der Waals surface area contributed by atoms with Crippen LogP contribution >= 0.6 is 11.3 Å². The average Bonchev–Trinajstić information content (AvgIpc) is 2.94. The van der Waals surface area contributed by atoms with Gasteiger partial charge in [0.1, 0.15) is 0 Å². The highest BCUT2D eigenvalue weighted by atomic mass is 32.1. The zero-order chi connectivity index (χ0) is 15.4. The van der Waals surface area contributed by atoms with E-state index in [-0.39, 0.29) is 16.7 Å². The maximum Gasteiger partial charge on any atom is 0.272 e. The van der Waals surface area contributed by atoms with Gasteiger partial charge in [-0.2, -0.15) is 0 Å². The minimum absolute atomic E-state index is 0.187. The van der Waals surface area contributed by atoms with Gasteiger partial charge in [-0.05, 0) is 29.9 Å². The summed E-state index contributed by atoms with van der Waals surface area (Å²) in [5.41, 5.74) is 1.90. The van der Waals surface area contributed by atoms with Gasteiger partial charge in [0, 0.05) is 29.1 Å². The van der Waals surface area contributed by atoms with Gasteiger partial charge in [0.15, 0.2) is 0 Å². The third-order valence-electron chi connectivity index (χ3n) is 3.64. The van der Waals surface area contributed by atoms with E-state index in [9.17, 15) is 10.1 Å². The second-order valence-electron chi connectivity index (χ2n) is 5.44. The van der Waals surface area contributed by atoms with Crippen LogP contribution in [0, 0.1) is 23.0 Å². The molecule has 1 aromatic heterocycles. The van der Waals surface area contributed by atoms with Gasteiger partial charge in [-0.3, -0.25) is 10.1 Å². The van der Waals surface area contributed by atoms with E-state index in [2.05, 4.69) is 36.7 Å². The second kappa shape index (κ2) is 6.83. The smallest absolute Gasteiger partial charge is 0.272 e. The number of benzene rings is 1. The van der Waals surface area contributed by atoms with E-state index in [4.69, 9.17) is 0 Å². The minimum Gasteiger partial charge on any atom is -0.305 e. The first-order valence-electron chi connectivity index (χ1n) is 7.00. The summed E-state index contributed by atoms with van der Waals surface area (Å²) in [6.45, 7) is 6.80. The van der Waals surface area contributed by atoms with Gasteiger partial charge in [-0.1, -0.05) is 32.0 Å². The summed E-state index contributed by atoms with van der Waals surface area (Å²) in [6.07, 6.45) is 0. The highest BCUT2D eigenvalue weighted by Gasteiger charge is 2.18. The van der Waals surface area contributed by atoms with Crippen molar-refractivity contribution >= 4 is 17.0 Å². The molecule has 1 unspecified atom stereocenters. The summed E-state index contributed by atoms with van der Waals surface area (Å²) in [5, 5.41) is 16.6. The first kappa shape index (κ1) is 15.7. The van der Waals surface area contributed by atoms with E-state index in [1.807, 2.05) is 13.0 Å². The molecule has 1 heterocycles. The molecule has 0 amide bonds. The van der Waals surface area contributed by atoms with Crippen LogP contribution in [0.1, 0.15) is 35.9 Å². The number of hydrogen-bond acceptors (Lipinski definition) is 4. The van der Waals surface area contributed by atoms with Gasteiger partial charge in [-0.25, -0.2) is 0 Å². The topological polar surface area (TPSA) is 55.2 Å².